The number of rotatable bonds is 2. The first kappa shape index (κ1) is 21.1. The summed E-state index contributed by atoms with van der Waals surface area (Å²) in [6.07, 6.45) is 0. The van der Waals surface area contributed by atoms with Crippen molar-refractivity contribution in [3.63, 3.8) is 0 Å². The molecule has 0 atom stereocenters. The summed E-state index contributed by atoms with van der Waals surface area (Å²) in [5.74, 6) is 0. The third kappa shape index (κ3) is 4.23. The van der Waals surface area contributed by atoms with Gasteiger partial charge in [0.05, 0.1) is 22.8 Å². The van der Waals surface area contributed by atoms with Gasteiger partial charge < -0.3 is 7.43 Å². The molecule has 0 unspecified atom stereocenters. The maximum atomic E-state index is 4.96. The fraction of sp³-hybridized carbons (Fsp3) is 0. The third-order valence-corrected chi connectivity index (χ3v) is 4.63. The van der Waals surface area contributed by atoms with Gasteiger partial charge in [-0.05, 0) is 29.7 Å². The summed E-state index contributed by atoms with van der Waals surface area (Å²) in [7, 11) is 4.49. The van der Waals surface area contributed by atoms with Crippen LogP contribution in [0.1, 0.15) is 11.1 Å². The molecule has 0 aliphatic heterocycles. The van der Waals surface area contributed by atoms with Crippen molar-refractivity contribution >= 4 is 43.1 Å². The molecule has 4 aromatic rings. The fourth-order valence-corrected chi connectivity index (χ4v) is 3.48. The second-order valence-electron chi connectivity index (χ2n) is 6.30. The van der Waals surface area contributed by atoms with Crippen molar-refractivity contribution in [2.75, 3.05) is 0 Å². The predicted octanol–water partition coefficient (Wildman–Crippen LogP) is 7.23. The summed E-state index contributed by atoms with van der Waals surface area (Å²) < 4.78 is 0. The second-order valence-corrected chi connectivity index (χ2v) is 6.30. The molecule has 2 nitrogen and oxygen atoms in total. The van der Waals surface area contributed by atoms with E-state index in [9.17, 15) is 0 Å². The molecule has 0 saturated heterocycles. The SMILES string of the molecule is [CH3-].[Cl][Pd+].c1ccc(N=C2C(=Nc3ccccc3)c3cccc4cccc2c34)cc1. The van der Waals surface area contributed by atoms with E-state index in [2.05, 4.69) is 64.1 Å². The van der Waals surface area contributed by atoms with Gasteiger partial charge in [-0.15, -0.1) is 0 Å². The van der Waals surface area contributed by atoms with E-state index < -0.39 is 0 Å². The van der Waals surface area contributed by atoms with Crippen LogP contribution in [0.25, 0.3) is 10.8 Å². The summed E-state index contributed by atoms with van der Waals surface area (Å²) >= 11 is 2.22. The van der Waals surface area contributed by atoms with Crippen LogP contribution in [0.15, 0.2) is 107 Å². The molecule has 0 fully saturated rings. The van der Waals surface area contributed by atoms with Crippen molar-refractivity contribution in [1.82, 2.24) is 0 Å². The van der Waals surface area contributed by atoms with Crippen molar-refractivity contribution in [1.29, 1.82) is 0 Å². The number of hydrogen-bond acceptors (Lipinski definition) is 2. The molecule has 0 radical (unpaired) electrons. The van der Waals surface area contributed by atoms with Gasteiger partial charge in [0.25, 0.3) is 0 Å². The quantitative estimate of drug-likeness (QED) is 0.210. The maximum Gasteiger partial charge on any atom is 0.0978 e. The molecule has 0 amide bonds. The van der Waals surface area contributed by atoms with Crippen LogP contribution in [0, 0.1) is 7.43 Å². The zero-order valence-electron chi connectivity index (χ0n) is 15.8. The zero-order chi connectivity index (χ0) is 19.3. The Bertz CT molecular complexity index is 1080. The van der Waals surface area contributed by atoms with Crippen molar-refractivity contribution in [3.05, 3.63) is 116 Å². The number of nitrogens with zero attached hydrogens (tertiary/aromatic N) is 2. The number of halogens is 1. The molecule has 146 valence electrons. The van der Waals surface area contributed by atoms with Crippen LogP contribution in [0.2, 0.25) is 0 Å². The summed E-state index contributed by atoms with van der Waals surface area (Å²) in [6, 6.07) is 32.9. The topological polar surface area (TPSA) is 24.7 Å². The molecule has 0 heterocycles. The summed E-state index contributed by atoms with van der Waals surface area (Å²) in [6.45, 7) is 0. The van der Waals surface area contributed by atoms with Crippen molar-refractivity contribution < 1.29 is 18.2 Å². The first-order chi connectivity index (χ1) is 13.9. The van der Waals surface area contributed by atoms with E-state index >= 15 is 0 Å². The molecule has 1 aliphatic rings. The molecule has 4 heteroatoms. The molecular weight excluding hydrogens is 470 g/mol. The Kier molecular flexibility index (Phi) is 7.12. The average Bonchev–Trinajstić information content (AvgIpc) is 3.06. The van der Waals surface area contributed by atoms with E-state index in [1.807, 2.05) is 60.7 Å². The Labute approximate surface area is 186 Å². The molecule has 0 aromatic heterocycles. The van der Waals surface area contributed by atoms with Crippen molar-refractivity contribution in [3.8, 4) is 0 Å². The molecule has 1 aliphatic carbocycles. The Morgan fingerprint density at radius 2 is 0.931 bits per heavy atom. The van der Waals surface area contributed by atoms with Crippen LogP contribution in [0.5, 0.6) is 0 Å². The molecule has 29 heavy (non-hydrogen) atoms. The maximum absolute atomic E-state index is 4.96. The standard InChI is InChI=1S/C24H16N2.CH3.ClH.Pd/c1-3-11-18(12-4-1)25-23-20-15-7-9-17-10-8-16-21(22(17)20)24(23)26-19-13-5-2-6-14-19;;;/h1-16H;1H3;1H;/q;-1;;+2/p-1. The monoisotopic (exact) mass is 488 g/mol. The van der Waals surface area contributed by atoms with Gasteiger partial charge in [-0.25, -0.2) is 9.98 Å². The normalized spacial score (nSPS) is 14.4. The van der Waals surface area contributed by atoms with Crippen molar-refractivity contribution in [2.45, 2.75) is 0 Å². The van der Waals surface area contributed by atoms with E-state index in [4.69, 9.17) is 9.98 Å². The van der Waals surface area contributed by atoms with E-state index in [0.29, 0.717) is 0 Å². The van der Waals surface area contributed by atoms with Gasteiger partial charge in [-0.2, -0.15) is 0 Å². The Morgan fingerprint density at radius 1 is 0.517 bits per heavy atom. The minimum absolute atomic E-state index is 0. The van der Waals surface area contributed by atoms with Crippen LogP contribution >= 0.6 is 9.53 Å². The second kappa shape index (κ2) is 9.76. The van der Waals surface area contributed by atoms with Crippen LogP contribution in [-0.2, 0) is 18.2 Å². The average molecular weight is 489 g/mol. The number of aliphatic imine (C=N–C) groups is 2. The fourth-order valence-electron chi connectivity index (χ4n) is 3.48. The molecular formula is C25H19ClN2Pd. The van der Waals surface area contributed by atoms with Crippen LogP contribution in [-0.4, -0.2) is 11.4 Å². The van der Waals surface area contributed by atoms with Crippen LogP contribution in [0.4, 0.5) is 11.4 Å². The predicted molar refractivity (Wildman–Crippen MR) is 121 cm³/mol. The van der Waals surface area contributed by atoms with E-state index in [-0.39, 0.29) is 7.43 Å². The summed E-state index contributed by atoms with van der Waals surface area (Å²) in [5, 5.41) is 2.46. The third-order valence-electron chi connectivity index (χ3n) is 4.63. The van der Waals surface area contributed by atoms with Gasteiger partial charge in [0.2, 0.25) is 0 Å². The van der Waals surface area contributed by atoms with Gasteiger partial charge in [-0.3, -0.25) is 0 Å². The van der Waals surface area contributed by atoms with Crippen LogP contribution < -0.4 is 0 Å². The van der Waals surface area contributed by atoms with Gasteiger partial charge in [0.15, 0.2) is 0 Å². The molecule has 5 rings (SSSR count). The smallest absolute Gasteiger partial charge is 0.0978 e. The first-order valence-electron chi connectivity index (χ1n) is 8.82. The van der Waals surface area contributed by atoms with E-state index in [0.717, 1.165) is 33.9 Å². The molecule has 0 bridgehead atoms. The van der Waals surface area contributed by atoms with E-state index in [1.54, 1.807) is 0 Å². The Hall–Kier alpha value is -2.57. The van der Waals surface area contributed by atoms with Crippen LogP contribution in [0.3, 0.4) is 0 Å². The molecule has 0 spiro atoms. The minimum Gasteiger partial charge on any atom is -0.246 e. The van der Waals surface area contributed by atoms with Gasteiger partial charge in [-0.1, -0.05) is 72.8 Å². The van der Waals surface area contributed by atoms with Gasteiger partial charge in [0.1, 0.15) is 0 Å². The number of benzene rings is 4. The van der Waals surface area contributed by atoms with Gasteiger partial charge in [0, 0.05) is 16.5 Å². The molecule has 0 saturated carbocycles. The minimum atomic E-state index is 0. The summed E-state index contributed by atoms with van der Waals surface area (Å²) in [4.78, 5) is 9.92. The Balaban J connectivity index is 0.000000778. The zero-order valence-corrected chi connectivity index (χ0v) is 18.1. The Morgan fingerprint density at radius 3 is 1.34 bits per heavy atom. The number of para-hydroxylation sites is 2. The first-order valence-corrected chi connectivity index (χ1v) is 10.8. The molecule has 4 aromatic carbocycles. The molecule has 0 N–H and O–H groups in total. The number of hydrogen-bond donors (Lipinski definition) is 0. The van der Waals surface area contributed by atoms with Crippen molar-refractivity contribution in [2.24, 2.45) is 9.98 Å². The summed E-state index contributed by atoms with van der Waals surface area (Å²) in [5.41, 5.74) is 6.05. The largest absolute Gasteiger partial charge is 0.246 e. The van der Waals surface area contributed by atoms with Gasteiger partial charge >= 0.3 is 27.7 Å². The van der Waals surface area contributed by atoms with E-state index in [1.165, 1.54) is 10.8 Å².